The van der Waals surface area contributed by atoms with E-state index in [-0.39, 0.29) is 5.69 Å². The molecule has 0 unspecified atom stereocenters. The molecule has 1 saturated carbocycles. The van der Waals surface area contributed by atoms with Gasteiger partial charge in [0.25, 0.3) is 5.69 Å². The molecule has 0 N–H and O–H groups in total. The van der Waals surface area contributed by atoms with Gasteiger partial charge in [0, 0.05) is 5.56 Å². The molecule has 0 radical (unpaired) electrons. The Hall–Kier alpha value is -1.16. The molecule has 0 spiro atoms. The minimum Gasteiger partial charge on any atom is -0.258 e. The van der Waals surface area contributed by atoms with Crippen LogP contribution in [0, 0.1) is 10.1 Å². The van der Waals surface area contributed by atoms with Crippen LogP contribution in [0.25, 0.3) is 0 Å². The third-order valence-electron chi connectivity index (χ3n) is 2.09. The molecule has 0 aliphatic heterocycles. The first-order valence-electron chi connectivity index (χ1n) is 3.98. The molecular formula is C8H7ClN2O2. The highest BCUT2D eigenvalue weighted by Gasteiger charge is 2.30. The van der Waals surface area contributed by atoms with Crippen LogP contribution in [0.1, 0.15) is 24.3 Å². The summed E-state index contributed by atoms with van der Waals surface area (Å²) in [6.07, 6.45) is 3.26. The summed E-state index contributed by atoms with van der Waals surface area (Å²) in [5.41, 5.74) is 0.817. The number of rotatable bonds is 2. The van der Waals surface area contributed by atoms with Crippen molar-refractivity contribution < 1.29 is 4.92 Å². The highest BCUT2D eigenvalue weighted by Crippen LogP contribution is 2.44. The molecule has 1 fully saturated rings. The summed E-state index contributed by atoms with van der Waals surface area (Å²) in [5.74, 6) is 0.320. The lowest BCUT2D eigenvalue weighted by molar-refractivity contribution is -0.385. The first-order chi connectivity index (χ1) is 6.18. The Morgan fingerprint density at radius 1 is 1.62 bits per heavy atom. The molecule has 1 aromatic rings. The van der Waals surface area contributed by atoms with Crippen molar-refractivity contribution in [2.24, 2.45) is 0 Å². The Bertz CT molecular complexity index is 363. The van der Waals surface area contributed by atoms with Gasteiger partial charge in [-0.1, -0.05) is 11.6 Å². The third-order valence-corrected chi connectivity index (χ3v) is 2.30. The molecule has 0 amide bonds. The van der Waals surface area contributed by atoms with Crippen molar-refractivity contribution in [3.05, 3.63) is 33.1 Å². The number of hydrogen-bond donors (Lipinski definition) is 0. The predicted octanol–water partition coefficient (Wildman–Crippen LogP) is 2.52. The summed E-state index contributed by atoms with van der Waals surface area (Å²) < 4.78 is 0. The van der Waals surface area contributed by atoms with E-state index in [0.29, 0.717) is 11.1 Å². The molecular weight excluding hydrogens is 192 g/mol. The quantitative estimate of drug-likeness (QED) is 0.417. The third kappa shape index (κ3) is 1.62. The Kier molecular flexibility index (Phi) is 1.92. The van der Waals surface area contributed by atoms with E-state index in [9.17, 15) is 10.1 Å². The summed E-state index contributed by atoms with van der Waals surface area (Å²) in [7, 11) is 0. The van der Waals surface area contributed by atoms with Crippen molar-refractivity contribution >= 4 is 17.3 Å². The molecule has 68 valence electrons. The Balaban J connectivity index is 2.47. The van der Waals surface area contributed by atoms with Crippen molar-refractivity contribution in [2.45, 2.75) is 18.8 Å². The number of nitro groups is 1. The summed E-state index contributed by atoms with van der Waals surface area (Å²) >= 11 is 5.66. The highest BCUT2D eigenvalue weighted by molar-refractivity contribution is 6.29. The van der Waals surface area contributed by atoms with Gasteiger partial charge >= 0.3 is 0 Å². The zero-order chi connectivity index (χ0) is 9.42. The van der Waals surface area contributed by atoms with Crippen LogP contribution in [0.3, 0.4) is 0 Å². The smallest absolute Gasteiger partial charge is 0.258 e. The maximum atomic E-state index is 10.6. The summed E-state index contributed by atoms with van der Waals surface area (Å²) in [5, 5.41) is 10.9. The Morgan fingerprint density at radius 2 is 2.31 bits per heavy atom. The van der Waals surface area contributed by atoms with Gasteiger partial charge in [0.2, 0.25) is 0 Å². The van der Waals surface area contributed by atoms with E-state index in [4.69, 9.17) is 11.6 Å². The summed E-state index contributed by atoms with van der Waals surface area (Å²) in [4.78, 5) is 13.9. The molecule has 1 heterocycles. The maximum absolute atomic E-state index is 10.6. The molecule has 2 rings (SSSR count). The minimum atomic E-state index is -0.406. The van der Waals surface area contributed by atoms with Gasteiger partial charge in [-0.15, -0.1) is 0 Å². The maximum Gasteiger partial charge on any atom is 0.291 e. The van der Waals surface area contributed by atoms with Gasteiger partial charge < -0.3 is 0 Å². The van der Waals surface area contributed by atoms with Gasteiger partial charge in [-0.3, -0.25) is 10.1 Å². The zero-order valence-corrected chi connectivity index (χ0v) is 7.49. The van der Waals surface area contributed by atoms with E-state index in [1.807, 2.05) is 0 Å². The second kappa shape index (κ2) is 2.96. The second-order valence-electron chi connectivity index (χ2n) is 3.10. The van der Waals surface area contributed by atoms with E-state index in [1.54, 1.807) is 6.07 Å². The molecule has 1 aromatic heterocycles. The normalized spacial score (nSPS) is 15.8. The van der Waals surface area contributed by atoms with E-state index >= 15 is 0 Å². The lowest BCUT2D eigenvalue weighted by Crippen LogP contribution is -1.95. The van der Waals surface area contributed by atoms with Crippen molar-refractivity contribution in [1.29, 1.82) is 0 Å². The van der Waals surface area contributed by atoms with Crippen molar-refractivity contribution in [1.82, 2.24) is 4.98 Å². The van der Waals surface area contributed by atoms with Crippen LogP contribution in [0.4, 0.5) is 5.69 Å². The van der Waals surface area contributed by atoms with Gasteiger partial charge in [0.05, 0.1) is 4.92 Å². The molecule has 4 nitrogen and oxygen atoms in total. The average molecular weight is 199 g/mol. The minimum absolute atomic E-state index is 0.0897. The van der Waals surface area contributed by atoms with Crippen molar-refractivity contribution in [2.75, 3.05) is 0 Å². The fraction of sp³-hybridized carbons (Fsp3) is 0.375. The first kappa shape index (κ1) is 8.44. The van der Waals surface area contributed by atoms with Crippen LogP contribution in [-0.4, -0.2) is 9.91 Å². The van der Waals surface area contributed by atoms with E-state index in [0.717, 1.165) is 18.4 Å². The van der Waals surface area contributed by atoms with Crippen molar-refractivity contribution in [3.63, 3.8) is 0 Å². The average Bonchev–Trinajstić information content (AvgIpc) is 2.85. The molecule has 0 saturated heterocycles. The Morgan fingerprint density at radius 3 is 2.85 bits per heavy atom. The standard InChI is InChI=1S/C8H7ClN2O2/c9-8-3-6(5-1-2-5)7(4-10-8)11(12)13/h3-5H,1-2H2. The van der Waals surface area contributed by atoms with E-state index in [2.05, 4.69) is 4.98 Å². The largest absolute Gasteiger partial charge is 0.291 e. The molecule has 0 aromatic carbocycles. The van der Waals surface area contributed by atoms with Gasteiger partial charge in [-0.2, -0.15) is 0 Å². The van der Waals surface area contributed by atoms with Crippen LogP contribution in [0.15, 0.2) is 12.3 Å². The summed E-state index contributed by atoms with van der Waals surface area (Å²) in [6, 6.07) is 1.59. The van der Waals surface area contributed by atoms with Crippen LogP contribution >= 0.6 is 11.6 Å². The van der Waals surface area contributed by atoms with Crippen LogP contribution in [0.5, 0.6) is 0 Å². The van der Waals surface area contributed by atoms with Crippen LogP contribution in [0.2, 0.25) is 5.15 Å². The topological polar surface area (TPSA) is 56.0 Å². The lowest BCUT2D eigenvalue weighted by atomic mass is 10.1. The number of halogens is 1. The molecule has 1 aliphatic rings. The fourth-order valence-corrected chi connectivity index (χ4v) is 1.48. The monoisotopic (exact) mass is 198 g/mol. The highest BCUT2D eigenvalue weighted by atomic mass is 35.5. The summed E-state index contributed by atoms with van der Waals surface area (Å²) in [6.45, 7) is 0. The van der Waals surface area contributed by atoms with Gasteiger partial charge in [-0.25, -0.2) is 4.98 Å². The van der Waals surface area contributed by atoms with Crippen LogP contribution in [-0.2, 0) is 0 Å². The van der Waals surface area contributed by atoms with Crippen LogP contribution < -0.4 is 0 Å². The zero-order valence-electron chi connectivity index (χ0n) is 6.74. The van der Waals surface area contributed by atoms with Gasteiger partial charge in [0.1, 0.15) is 11.3 Å². The number of aromatic nitrogens is 1. The molecule has 5 heteroatoms. The molecule has 1 aliphatic carbocycles. The number of hydrogen-bond acceptors (Lipinski definition) is 3. The molecule has 0 bridgehead atoms. The first-order valence-corrected chi connectivity index (χ1v) is 4.36. The van der Waals surface area contributed by atoms with E-state index in [1.165, 1.54) is 6.20 Å². The number of pyridine rings is 1. The Labute approximate surface area is 79.7 Å². The number of nitrogens with zero attached hydrogens (tertiary/aromatic N) is 2. The lowest BCUT2D eigenvalue weighted by Gasteiger charge is -1.99. The van der Waals surface area contributed by atoms with Gasteiger partial charge in [0.15, 0.2) is 0 Å². The van der Waals surface area contributed by atoms with Crippen molar-refractivity contribution in [3.8, 4) is 0 Å². The fourth-order valence-electron chi connectivity index (χ4n) is 1.31. The van der Waals surface area contributed by atoms with Gasteiger partial charge in [-0.05, 0) is 24.8 Å². The predicted molar refractivity (Wildman–Crippen MR) is 47.9 cm³/mol. The molecule has 13 heavy (non-hydrogen) atoms. The second-order valence-corrected chi connectivity index (χ2v) is 3.48. The molecule has 0 atom stereocenters. The SMILES string of the molecule is O=[N+]([O-])c1cnc(Cl)cc1C1CC1. The van der Waals surface area contributed by atoms with E-state index < -0.39 is 4.92 Å².